The molecule has 0 spiro atoms. The maximum Gasteiger partial charge on any atom is 0.305 e. The van der Waals surface area contributed by atoms with Gasteiger partial charge in [-0.05, 0) is 0 Å². The van der Waals surface area contributed by atoms with Crippen LogP contribution in [0.15, 0.2) is 0 Å². The average molecular weight is 679 g/mol. The summed E-state index contributed by atoms with van der Waals surface area (Å²) in [6.45, 7) is 7.06. The highest BCUT2D eigenvalue weighted by atomic mass is 16.8. The normalized spacial score (nSPS) is 30.0. The van der Waals surface area contributed by atoms with Crippen molar-refractivity contribution in [2.75, 3.05) is 13.2 Å². The molecule has 0 saturated carbocycles. The van der Waals surface area contributed by atoms with Gasteiger partial charge in [0.25, 0.3) is 0 Å². The minimum atomic E-state index is -1.86. The van der Waals surface area contributed by atoms with Crippen molar-refractivity contribution >= 4 is 47.8 Å². The Hall–Kier alpha value is -4.36. The Morgan fingerprint density at radius 2 is 0.702 bits per heavy atom. The second-order valence-corrected chi connectivity index (χ2v) is 10.3. The Morgan fingerprint density at radius 1 is 0.383 bits per heavy atom. The van der Waals surface area contributed by atoms with Crippen LogP contribution in [0.1, 0.15) is 55.4 Å². The van der Waals surface area contributed by atoms with E-state index < -0.39 is 122 Å². The average Bonchev–Trinajstić information content (AvgIpc) is 2.91. The summed E-state index contributed by atoms with van der Waals surface area (Å²) in [5.74, 6) is -7.04. The largest absolute Gasteiger partial charge is 0.463 e. The molecular weight excluding hydrogens is 640 g/mol. The molecule has 2 heterocycles. The highest BCUT2D eigenvalue weighted by molar-refractivity contribution is 5.69. The molecule has 0 unspecified atom stereocenters. The lowest BCUT2D eigenvalue weighted by atomic mass is 9.96. The standard InChI is InChI=1S/C28H38O19/c1-11(29)37-9-19-21(39-13(3)31)23(41-15(5)33)25(42-16(6)34)28(46-19)47-24-22(40-14(4)32)20(10-38-12(2)30)45-27(44-18(8)36)26(24)43-17(7)35/h19-28H,9-10H2,1-8H3/t19-,20-,21-,22-,23+,24+,25-,26-,27+,28+/m1/s1. The van der Waals surface area contributed by atoms with E-state index in [0.29, 0.717) is 0 Å². The van der Waals surface area contributed by atoms with Crippen molar-refractivity contribution < 1.29 is 90.5 Å². The van der Waals surface area contributed by atoms with E-state index >= 15 is 0 Å². The van der Waals surface area contributed by atoms with Gasteiger partial charge < -0.3 is 52.1 Å². The van der Waals surface area contributed by atoms with Gasteiger partial charge >= 0.3 is 47.8 Å². The number of hydrogen-bond donors (Lipinski definition) is 0. The molecule has 0 aromatic heterocycles. The molecule has 19 heteroatoms. The fourth-order valence-corrected chi connectivity index (χ4v) is 4.73. The van der Waals surface area contributed by atoms with Crippen LogP contribution in [0, 0.1) is 0 Å². The zero-order valence-corrected chi connectivity index (χ0v) is 26.9. The van der Waals surface area contributed by atoms with Crippen molar-refractivity contribution in [3.05, 3.63) is 0 Å². The summed E-state index contributed by atoms with van der Waals surface area (Å²) >= 11 is 0. The van der Waals surface area contributed by atoms with Gasteiger partial charge in [0.2, 0.25) is 6.29 Å². The van der Waals surface area contributed by atoms with E-state index in [9.17, 15) is 38.4 Å². The lowest BCUT2D eigenvalue weighted by Crippen LogP contribution is -2.67. The zero-order valence-electron chi connectivity index (χ0n) is 26.9. The van der Waals surface area contributed by atoms with Crippen LogP contribution in [-0.4, -0.2) is 122 Å². The lowest BCUT2D eigenvalue weighted by Gasteiger charge is -2.48. The number of esters is 8. The van der Waals surface area contributed by atoms with Gasteiger partial charge in [-0.25, -0.2) is 0 Å². The first-order valence-corrected chi connectivity index (χ1v) is 14.2. The van der Waals surface area contributed by atoms with Crippen LogP contribution in [0.4, 0.5) is 0 Å². The summed E-state index contributed by atoms with van der Waals surface area (Å²) in [6, 6.07) is 0. The molecule has 2 aliphatic rings. The number of ether oxygens (including phenoxy) is 11. The molecule has 264 valence electrons. The lowest BCUT2D eigenvalue weighted by molar-refractivity contribution is -0.358. The van der Waals surface area contributed by atoms with Crippen molar-refractivity contribution in [3.63, 3.8) is 0 Å². The Balaban J connectivity index is 2.75. The van der Waals surface area contributed by atoms with Gasteiger partial charge in [0.1, 0.15) is 31.5 Å². The maximum absolute atomic E-state index is 12.3. The summed E-state index contributed by atoms with van der Waals surface area (Å²) in [6.07, 6.45) is -16.4. The maximum atomic E-state index is 12.3. The van der Waals surface area contributed by atoms with Gasteiger partial charge in [0, 0.05) is 55.4 Å². The third kappa shape index (κ3) is 12.1. The molecule has 0 bridgehead atoms. The molecule has 0 radical (unpaired) electrons. The summed E-state index contributed by atoms with van der Waals surface area (Å²) in [5.41, 5.74) is 0. The van der Waals surface area contributed by atoms with Crippen molar-refractivity contribution in [2.24, 2.45) is 0 Å². The third-order valence-electron chi connectivity index (χ3n) is 6.17. The third-order valence-corrected chi connectivity index (χ3v) is 6.17. The van der Waals surface area contributed by atoms with Gasteiger partial charge in [-0.2, -0.15) is 0 Å². The Bertz CT molecular complexity index is 1200. The highest BCUT2D eigenvalue weighted by Crippen LogP contribution is 2.35. The van der Waals surface area contributed by atoms with E-state index in [-0.39, 0.29) is 0 Å². The molecule has 2 saturated heterocycles. The molecule has 0 aromatic rings. The van der Waals surface area contributed by atoms with E-state index in [1.165, 1.54) is 0 Å². The first-order valence-electron chi connectivity index (χ1n) is 14.2. The van der Waals surface area contributed by atoms with Crippen LogP contribution in [0.2, 0.25) is 0 Å². The Kier molecular flexibility index (Phi) is 14.5. The molecule has 0 amide bonds. The van der Waals surface area contributed by atoms with Gasteiger partial charge in [-0.1, -0.05) is 0 Å². The zero-order chi connectivity index (χ0) is 35.6. The molecule has 47 heavy (non-hydrogen) atoms. The van der Waals surface area contributed by atoms with E-state index in [4.69, 9.17) is 52.1 Å². The van der Waals surface area contributed by atoms with Gasteiger partial charge in [-0.3, -0.25) is 38.4 Å². The second-order valence-electron chi connectivity index (χ2n) is 10.3. The van der Waals surface area contributed by atoms with Crippen molar-refractivity contribution in [3.8, 4) is 0 Å². The minimum Gasteiger partial charge on any atom is -0.463 e. The Morgan fingerprint density at radius 3 is 1.09 bits per heavy atom. The van der Waals surface area contributed by atoms with Crippen molar-refractivity contribution in [1.29, 1.82) is 0 Å². The molecule has 19 nitrogen and oxygen atoms in total. The predicted octanol–water partition coefficient (Wildman–Crippen LogP) is -0.831. The summed E-state index contributed by atoms with van der Waals surface area (Å²) in [5, 5.41) is 0. The Labute approximate surface area is 268 Å². The smallest absolute Gasteiger partial charge is 0.305 e. The fourth-order valence-electron chi connectivity index (χ4n) is 4.73. The van der Waals surface area contributed by atoms with Crippen LogP contribution in [0.5, 0.6) is 0 Å². The van der Waals surface area contributed by atoms with Gasteiger partial charge in [0.05, 0.1) is 0 Å². The molecule has 0 N–H and O–H groups in total. The minimum absolute atomic E-state index is 0.587. The molecule has 0 aromatic carbocycles. The van der Waals surface area contributed by atoms with E-state index in [0.717, 1.165) is 55.4 Å². The van der Waals surface area contributed by atoms with Gasteiger partial charge in [0.15, 0.2) is 36.8 Å². The van der Waals surface area contributed by atoms with Crippen molar-refractivity contribution in [2.45, 2.75) is 117 Å². The summed E-state index contributed by atoms with van der Waals surface area (Å²) < 4.78 is 60.2. The summed E-state index contributed by atoms with van der Waals surface area (Å²) in [7, 11) is 0. The molecule has 2 fully saturated rings. The topological polar surface area (TPSA) is 238 Å². The molecule has 0 aliphatic carbocycles. The monoisotopic (exact) mass is 678 g/mol. The van der Waals surface area contributed by atoms with Crippen LogP contribution < -0.4 is 0 Å². The quantitative estimate of drug-likeness (QED) is 0.181. The van der Waals surface area contributed by atoms with E-state index in [2.05, 4.69) is 0 Å². The SMILES string of the molecule is CC(=O)OC[C@H]1O[C@@H](O[C@@H]2[C@@H](OC(C)=O)[C@@H](OC(C)=O)O[C@H](COC(C)=O)[C@H]2OC(C)=O)[C@H](OC(C)=O)[C@@H](OC(C)=O)[C@@H]1OC(C)=O. The number of carbonyl (C=O) groups excluding carboxylic acids is 8. The second kappa shape index (κ2) is 17.5. The summed E-state index contributed by atoms with van der Waals surface area (Å²) in [4.78, 5) is 96.4. The molecule has 10 atom stereocenters. The number of hydrogen-bond acceptors (Lipinski definition) is 19. The number of rotatable bonds is 12. The molecule has 2 rings (SSSR count). The highest BCUT2D eigenvalue weighted by Gasteiger charge is 2.58. The van der Waals surface area contributed by atoms with E-state index in [1.807, 2.05) is 0 Å². The van der Waals surface area contributed by atoms with Crippen LogP contribution >= 0.6 is 0 Å². The molecule has 2 aliphatic heterocycles. The number of carbonyl (C=O) groups is 8. The van der Waals surface area contributed by atoms with E-state index in [1.54, 1.807) is 0 Å². The molecular formula is C28H38O19. The van der Waals surface area contributed by atoms with Crippen LogP contribution in [-0.2, 0) is 90.5 Å². The van der Waals surface area contributed by atoms with Crippen LogP contribution in [0.25, 0.3) is 0 Å². The first kappa shape index (κ1) is 38.8. The predicted molar refractivity (Wildman–Crippen MR) is 145 cm³/mol. The fraction of sp³-hybridized carbons (Fsp3) is 0.714. The van der Waals surface area contributed by atoms with Crippen molar-refractivity contribution in [1.82, 2.24) is 0 Å². The van der Waals surface area contributed by atoms with Gasteiger partial charge in [-0.15, -0.1) is 0 Å². The van der Waals surface area contributed by atoms with Crippen LogP contribution in [0.3, 0.4) is 0 Å². The first-order chi connectivity index (χ1) is 21.9.